The van der Waals surface area contributed by atoms with Gasteiger partial charge >= 0.3 is 5.97 Å². The lowest BCUT2D eigenvalue weighted by molar-refractivity contribution is -0.137. The van der Waals surface area contributed by atoms with E-state index in [2.05, 4.69) is 5.32 Å². The van der Waals surface area contributed by atoms with Crippen molar-refractivity contribution in [1.82, 2.24) is 0 Å². The zero-order chi connectivity index (χ0) is 10.7. The zero-order valence-electron chi connectivity index (χ0n) is 8.57. The molecular weight excluding hydrogens is 190 g/mol. The van der Waals surface area contributed by atoms with Crippen LogP contribution in [0.5, 0.6) is 0 Å². The van der Waals surface area contributed by atoms with Gasteiger partial charge in [-0.3, -0.25) is 4.79 Å². The minimum absolute atomic E-state index is 0.161. The van der Waals surface area contributed by atoms with Gasteiger partial charge in [0.25, 0.3) is 0 Å². The lowest BCUT2D eigenvalue weighted by Gasteiger charge is -2.14. The molecule has 0 fully saturated rings. The van der Waals surface area contributed by atoms with Crippen LogP contribution < -0.4 is 5.32 Å². The first-order valence-electron chi connectivity index (χ1n) is 5.32. The molecule has 1 atom stereocenters. The van der Waals surface area contributed by atoms with E-state index >= 15 is 0 Å². The Morgan fingerprint density at radius 1 is 1.47 bits per heavy atom. The lowest BCUT2D eigenvalue weighted by atomic mass is 9.91. The molecule has 1 aliphatic heterocycles. The summed E-state index contributed by atoms with van der Waals surface area (Å²) in [7, 11) is 0. The summed E-state index contributed by atoms with van der Waals surface area (Å²) in [5, 5.41) is 12.2. The lowest BCUT2D eigenvalue weighted by Crippen LogP contribution is -2.06. The average molecular weight is 205 g/mol. The van der Waals surface area contributed by atoms with Crippen molar-refractivity contribution in [3.8, 4) is 0 Å². The van der Waals surface area contributed by atoms with Crippen molar-refractivity contribution in [3.05, 3.63) is 29.8 Å². The van der Waals surface area contributed by atoms with Crippen LogP contribution in [0.25, 0.3) is 0 Å². The highest BCUT2D eigenvalue weighted by Gasteiger charge is 2.20. The standard InChI is InChI=1S/C12H15NO2/c14-12(15)8-9-4-3-7-13-11-6-2-1-5-10(9)11/h1-2,5-6,9,13H,3-4,7-8H2,(H,14,15). The van der Waals surface area contributed by atoms with E-state index in [0.29, 0.717) is 0 Å². The number of carbonyl (C=O) groups is 1. The van der Waals surface area contributed by atoms with Crippen LogP contribution in [0, 0.1) is 0 Å². The monoisotopic (exact) mass is 205 g/mol. The van der Waals surface area contributed by atoms with Crippen molar-refractivity contribution < 1.29 is 9.90 Å². The summed E-state index contributed by atoms with van der Waals surface area (Å²) >= 11 is 0. The van der Waals surface area contributed by atoms with E-state index in [1.807, 2.05) is 24.3 Å². The van der Waals surface area contributed by atoms with Crippen LogP contribution in [0.1, 0.15) is 30.7 Å². The van der Waals surface area contributed by atoms with Gasteiger partial charge in [-0.15, -0.1) is 0 Å². The van der Waals surface area contributed by atoms with Crippen LogP contribution in [0.4, 0.5) is 5.69 Å². The highest BCUT2D eigenvalue weighted by molar-refractivity contribution is 5.69. The molecular formula is C12H15NO2. The molecule has 1 aromatic carbocycles. The van der Waals surface area contributed by atoms with Crippen molar-refractivity contribution in [1.29, 1.82) is 0 Å². The van der Waals surface area contributed by atoms with Gasteiger partial charge in [0.2, 0.25) is 0 Å². The third kappa shape index (κ3) is 2.29. The predicted molar refractivity (Wildman–Crippen MR) is 59.2 cm³/mol. The molecule has 0 amide bonds. The molecule has 2 rings (SSSR count). The largest absolute Gasteiger partial charge is 0.481 e. The molecule has 0 saturated heterocycles. The third-order valence-corrected chi connectivity index (χ3v) is 2.87. The number of hydrogen-bond donors (Lipinski definition) is 2. The minimum Gasteiger partial charge on any atom is -0.481 e. The number of benzene rings is 1. The number of para-hydroxylation sites is 1. The second-order valence-electron chi connectivity index (χ2n) is 3.95. The molecule has 1 unspecified atom stereocenters. The van der Waals surface area contributed by atoms with Crippen LogP contribution in [0.15, 0.2) is 24.3 Å². The smallest absolute Gasteiger partial charge is 0.303 e. The van der Waals surface area contributed by atoms with Gasteiger partial charge < -0.3 is 10.4 Å². The first-order valence-corrected chi connectivity index (χ1v) is 5.32. The van der Waals surface area contributed by atoms with Crippen molar-refractivity contribution in [2.24, 2.45) is 0 Å². The van der Waals surface area contributed by atoms with Gasteiger partial charge in [-0.25, -0.2) is 0 Å². The fourth-order valence-electron chi connectivity index (χ4n) is 2.16. The number of anilines is 1. The van der Waals surface area contributed by atoms with E-state index in [0.717, 1.165) is 30.6 Å². The minimum atomic E-state index is -0.711. The third-order valence-electron chi connectivity index (χ3n) is 2.87. The van der Waals surface area contributed by atoms with E-state index in [4.69, 9.17) is 5.11 Å². The van der Waals surface area contributed by atoms with Crippen LogP contribution in [0.2, 0.25) is 0 Å². The highest BCUT2D eigenvalue weighted by atomic mass is 16.4. The number of fused-ring (bicyclic) bond motifs is 1. The molecule has 0 aliphatic carbocycles. The maximum Gasteiger partial charge on any atom is 0.303 e. The Morgan fingerprint density at radius 3 is 3.07 bits per heavy atom. The Morgan fingerprint density at radius 2 is 2.27 bits per heavy atom. The summed E-state index contributed by atoms with van der Waals surface area (Å²) in [6.45, 7) is 0.938. The number of rotatable bonds is 2. The molecule has 3 nitrogen and oxygen atoms in total. The van der Waals surface area contributed by atoms with Gasteiger partial charge in [0, 0.05) is 12.2 Å². The molecule has 0 spiro atoms. The van der Waals surface area contributed by atoms with E-state index in [9.17, 15) is 4.79 Å². The van der Waals surface area contributed by atoms with E-state index in [1.165, 1.54) is 0 Å². The van der Waals surface area contributed by atoms with Gasteiger partial charge in [0.15, 0.2) is 0 Å². The van der Waals surface area contributed by atoms with Gasteiger partial charge in [-0.1, -0.05) is 18.2 Å². The maximum absolute atomic E-state index is 10.8. The summed E-state index contributed by atoms with van der Waals surface area (Å²) < 4.78 is 0. The molecule has 1 aromatic rings. The Labute approximate surface area is 89.1 Å². The molecule has 0 saturated carbocycles. The van der Waals surface area contributed by atoms with Crippen molar-refractivity contribution >= 4 is 11.7 Å². The van der Waals surface area contributed by atoms with Gasteiger partial charge in [0.1, 0.15) is 0 Å². The summed E-state index contributed by atoms with van der Waals surface area (Å²) in [5.41, 5.74) is 2.25. The fourth-order valence-corrected chi connectivity index (χ4v) is 2.16. The van der Waals surface area contributed by atoms with E-state index in [-0.39, 0.29) is 12.3 Å². The van der Waals surface area contributed by atoms with Crippen LogP contribution in [0.3, 0.4) is 0 Å². The van der Waals surface area contributed by atoms with E-state index < -0.39 is 5.97 Å². The number of nitrogens with one attached hydrogen (secondary N) is 1. The average Bonchev–Trinajstić information content (AvgIpc) is 2.41. The second-order valence-corrected chi connectivity index (χ2v) is 3.95. The van der Waals surface area contributed by atoms with Crippen LogP contribution >= 0.6 is 0 Å². The molecule has 0 aromatic heterocycles. The van der Waals surface area contributed by atoms with Gasteiger partial charge in [0.05, 0.1) is 6.42 Å². The van der Waals surface area contributed by atoms with Crippen molar-refractivity contribution in [2.75, 3.05) is 11.9 Å². The molecule has 0 bridgehead atoms. The molecule has 3 heteroatoms. The Balaban J connectivity index is 2.28. The second kappa shape index (κ2) is 4.34. The Bertz CT molecular complexity index is 362. The molecule has 15 heavy (non-hydrogen) atoms. The number of carboxylic acids is 1. The molecule has 2 N–H and O–H groups in total. The number of carboxylic acid groups (broad SMARTS) is 1. The summed E-state index contributed by atoms with van der Waals surface area (Å²) in [6.07, 6.45) is 2.22. The normalized spacial score (nSPS) is 19.9. The first kappa shape index (κ1) is 10.0. The van der Waals surface area contributed by atoms with Gasteiger partial charge in [-0.05, 0) is 30.4 Å². The SMILES string of the molecule is O=C(O)CC1CCCNc2ccccc21. The number of hydrogen-bond acceptors (Lipinski definition) is 2. The highest BCUT2D eigenvalue weighted by Crippen LogP contribution is 2.33. The van der Waals surface area contributed by atoms with Crippen LogP contribution in [-0.2, 0) is 4.79 Å². The quantitative estimate of drug-likeness (QED) is 0.779. The summed E-state index contributed by atoms with van der Waals surface area (Å²) in [4.78, 5) is 10.8. The predicted octanol–water partition coefficient (Wildman–Crippen LogP) is 2.45. The Hall–Kier alpha value is -1.51. The van der Waals surface area contributed by atoms with Crippen molar-refractivity contribution in [3.63, 3.8) is 0 Å². The zero-order valence-corrected chi connectivity index (χ0v) is 8.57. The molecule has 1 heterocycles. The van der Waals surface area contributed by atoms with Gasteiger partial charge in [-0.2, -0.15) is 0 Å². The topological polar surface area (TPSA) is 49.3 Å². The molecule has 1 aliphatic rings. The fraction of sp³-hybridized carbons (Fsp3) is 0.417. The van der Waals surface area contributed by atoms with E-state index in [1.54, 1.807) is 0 Å². The molecule has 0 radical (unpaired) electrons. The van der Waals surface area contributed by atoms with Crippen molar-refractivity contribution in [2.45, 2.75) is 25.2 Å². The summed E-state index contributed by atoms with van der Waals surface area (Å²) in [5.74, 6) is -0.551. The van der Waals surface area contributed by atoms with Crippen LogP contribution in [-0.4, -0.2) is 17.6 Å². The first-order chi connectivity index (χ1) is 7.27. The molecule has 80 valence electrons. The maximum atomic E-state index is 10.8. The summed E-state index contributed by atoms with van der Waals surface area (Å²) in [6, 6.07) is 8.01. The number of aliphatic carboxylic acids is 1. The Kier molecular flexibility index (Phi) is 2.90.